The van der Waals surface area contributed by atoms with E-state index < -0.39 is 15.9 Å². The van der Waals surface area contributed by atoms with Crippen LogP contribution in [0.5, 0.6) is 0 Å². The summed E-state index contributed by atoms with van der Waals surface area (Å²) in [5, 5.41) is 0. The molecule has 4 atom stereocenters. The molecule has 0 aromatic heterocycles. The first-order chi connectivity index (χ1) is 9.74. The maximum Gasteiger partial charge on any atom is 0.264 e. The van der Waals surface area contributed by atoms with Crippen molar-refractivity contribution in [2.45, 2.75) is 45.3 Å². The molecule has 4 aliphatic rings. The quantitative estimate of drug-likeness (QED) is 0.746. The standard InChI is InChI=1S/C15H26O5S/c1-11-4-5-12-8-15(18-6-7-19-15)13(11)9-14(12,2)10-20-21(3,16)17/h11-13H,4-10H2,1-3H3/t11-,12-,13+,14-/m1/s1. The Morgan fingerprint density at radius 2 is 1.86 bits per heavy atom. The van der Waals surface area contributed by atoms with Crippen LogP contribution in [0, 0.1) is 23.2 Å². The Labute approximate surface area is 127 Å². The monoisotopic (exact) mass is 318 g/mol. The van der Waals surface area contributed by atoms with Crippen LogP contribution in [0.2, 0.25) is 0 Å². The fourth-order valence-corrected chi connectivity index (χ4v) is 5.02. The van der Waals surface area contributed by atoms with Gasteiger partial charge in [0.1, 0.15) is 0 Å². The van der Waals surface area contributed by atoms with Crippen LogP contribution in [0.4, 0.5) is 0 Å². The molecule has 3 aliphatic carbocycles. The second-order valence-electron chi connectivity index (χ2n) is 7.40. The first-order valence-electron chi connectivity index (χ1n) is 7.86. The molecule has 4 rings (SSSR count). The van der Waals surface area contributed by atoms with Gasteiger partial charge in [-0.05, 0) is 36.5 Å². The minimum atomic E-state index is -3.39. The SMILES string of the molecule is C[C@@H]1CC[C@@H]2CC3(OCCO3)[C@H]1C[C@]2(C)COS(C)(=O)=O. The molecule has 1 spiro atoms. The van der Waals surface area contributed by atoms with Gasteiger partial charge in [-0.25, -0.2) is 0 Å². The average molecular weight is 318 g/mol. The molecule has 1 saturated heterocycles. The summed E-state index contributed by atoms with van der Waals surface area (Å²) in [6.45, 7) is 6.05. The van der Waals surface area contributed by atoms with Gasteiger partial charge in [-0.1, -0.05) is 13.8 Å². The number of rotatable bonds is 3. The summed E-state index contributed by atoms with van der Waals surface area (Å²) in [6.07, 6.45) is 5.15. The summed E-state index contributed by atoms with van der Waals surface area (Å²) in [5.74, 6) is 0.823. The Morgan fingerprint density at radius 3 is 2.48 bits per heavy atom. The van der Waals surface area contributed by atoms with Crippen molar-refractivity contribution in [1.29, 1.82) is 0 Å². The van der Waals surface area contributed by atoms with Gasteiger partial charge in [-0.3, -0.25) is 4.18 Å². The van der Waals surface area contributed by atoms with Crippen LogP contribution in [0.25, 0.3) is 0 Å². The lowest BCUT2D eigenvalue weighted by atomic mass is 9.62. The number of hydrogen-bond acceptors (Lipinski definition) is 5. The molecule has 1 aliphatic heterocycles. The largest absolute Gasteiger partial charge is 0.347 e. The van der Waals surface area contributed by atoms with Crippen molar-refractivity contribution < 1.29 is 22.1 Å². The number of fused-ring (bicyclic) bond motifs is 3. The van der Waals surface area contributed by atoms with Crippen molar-refractivity contribution in [2.24, 2.45) is 23.2 Å². The molecule has 4 fully saturated rings. The number of ether oxygens (including phenoxy) is 2. The van der Waals surface area contributed by atoms with E-state index in [1.54, 1.807) is 0 Å². The van der Waals surface area contributed by atoms with Gasteiger partial charge in [-0.15, -0.1) is 0 Å². The lowest BCUT2D eigenvalue weighted by Gasteiger charge is -2.50. The van der Waals surface area contributed by atoms with Crippen LogP contribution in [-0.4, -0.2) is 40.3 Å². The summed E-state index contributed by atoms with van der Waals surface area (Å²) in [7, 11) is -3.39. The Kier molecular flexibility index (Phi) is 3.88. The van der Waals surface area contributed by atoms with Crippen LogP contribution in [0.3, 0.4) is 0 Å². The van der Waals surface area contributed by atoms with Gasteiger partial charge in [0.05, 0.1) is 26.1 Å². The average Bonchev–Trinajstić information content (AvgIpc) is 2.76. The minimum absolute atomic E-state index is 0.112. The van der Waals surface area contributed by atoms with Crippen molar-refractivity contribution >= 4 is 10.1 Å². The molecule has 0 N–H and O–H groups in total. The van der Waals surface area contributed by atoms with Gasteiger partial charge in [0.15, 0.2) is 5.79 Å². The second kappa shape index (κ2) is 5.18. The van der Waals surface area contributed by atoms with Crippen LogP contribution in [0.15, 0.2) is 0 Å². The maximum absolute atomic E-state index is 11.4. The first kappa shape index (κ1) is 15.7. The third-order valence-corrected chi connectivity index (χ3v) is 6.35. The molecule has 0 aromatic rings. The molecular weight excluding hydrogens is 292 g/mol. The lowest BCUT2D eigenvalue weighted by Crippen LogP contribution is -2.52. The normalized spacial score (nSPS) is 42.3. The molecule has 0 radical (unpaired) electrons. The molecule has 0 unspecified atom stereocenters. The maximum atomic E-state index is 11.4. The predicted octanol–water partition coefficient (Wildman–Crippen LogP) is 2.17. The van der Waals surface area contributed by atoms with Crippen molar-refractivity contribution in [3.63, 3.8) is 0 Å². The third-order valence-electron chi connectivity index (χ3n) is 5.80. The molecule has 0 amide bonds. The van der Waals surface area contributed by atoms with Gasteiger partial charge in [0, 0.05) is 12.3 Å². The highest BCUT2D eigenvalue weighted by Gasteiger charge is 2.59. The highest BCUT2D eigenvalue weighted by molar-refractivity contribution is 7.85. The van der Waals surface area contributed by atoms with E-state index in [0.717, 1.165) is 31.9 Å². The number of hydrogen-bond donors (Lipinski definition) is 0. The summed E-state index contributed by atoms with van der Waals surface area (Å²) >= 11 is 0. The van der Waals surface area contributed by atoms with Crippen molar-refractivity contribution in [3.8, 4) is 0 Å². The fourth-order valence-electron chi connectivity index (χ4n) is 4.54. The van der Waals surface area contributed by atoms with Crippen LogP contribution < -0.4 is 0 Å². The molecule has 0 aromatic carbocycles. The Balaban J connectivity index is 1.84. The highest BCUT2D eigenvalue weighted by Crippen LogP contribution is 2.58. The van der Waals surface area contributed by atoms with Crippen molar-refractivity contribution in [2.75, 3.05) is 26.1 Å². The predicted molar refractivity (Wildman–Crippen MR) is 78.1 cm³/mol. The van der Waals surface area contributed by atoms with E-state index in [9.17, 15) is 8.42 Å². The van der Waals surface area contributed by atoms with Crippen LogP contribution >= 0.6 is 0 Å². The topological polar surface area (TPSA) is 61.8 Å². The molecule has 3 saturated carbocycles. The summed E-state index contributed by atoms with van der Waals surface area (Å²) in [5.41, 5.74) is -0.112. The third kappa shape index (κ3) is 2.87. The Hall–Kier alpha value is -0.170. The molecule has 21 heavy (non-hydrogen) atoms. The van der Waals surface area contributed by atoms with E-state index in [2.05, 4.69) is 13.8 Å². The zero-order valence-electron chi connectivity index (χ0n) is 13.1. The molecule has 2 bridgehead atoms. The molecule has 6 heteroatoms. The van der Waals surface area contributed by atoms with Gasteiger partial charge in [-0.2, -0.15) is 8.42 Å². The van der Waals surface area contributed by atoms with Crippen LogP contribution in [0.1, 0.15) is 39.5 Å². The van der Waals surface area contributed by atoms with Gasteiger partial charge in [0.2, 0.25) is 0 Å². The molecular formula is C15H26O5S. The summed E-state index contributed by atoms with van der Waals surface area (Å²) in [6, 6.07) is 0. The Morgan fingerprint density at radius 1 is 1.19 bits per heavy atom. The van der Waals surface area contributed by atoms with Crippen molar-refractivity contribution in [1.82, 2.24) is 0 Å². The minimum Gasteiger partial charge on any atom is -0.347 e. The smallest absolute Gasteiger partial charge is 0.264 e. The highest BCUT2D eigenvalue weighted by atomic mass is 32.2. The van der Waals surface area contributed by atoms with E-state index in [1.165, 1.54) is 0 Å². The van der Waals surface area contributed by atoms with Gasteiger partial charge >= 0.3 is 0 Å². The van der Waals surface area contributed by atoms with Gasteiger partial charge < -0.3 is 9.47 Å². The summed E-state index contributed by atoms with van der Waals surface area (Å²) in [4.78, 5) is 0. The van der Waals surface area contributed by atoms with E-state index in [0.29, 0.717) is 31.0 Å². The fraction of sp³-hybridized carbons (Fsp3) is 1.00. The van der Waals surface area contributed by atoms with E-state index in [-0.39, 0.29) is 12.0 Å². The zero-order valence-corrected chi connectivity index (χ0v) is 13.9. The zero-order chi connectivity index (χ0) is 15.3. The lowest BCUT2D eigenvalue weighted by molar-refractivity contribution is -0.245. The second-order valence-corrected chi connectivity index (χ2v) is 9.04. The Bertz CT molecular complexity index is 496. The first-order valence-corrected chi connectivity index (χ1v) is 9.68. The molecule has 5 nitrogen and oxygen atoms in total. The molecule has 122 valence electrons. The van der Waals surface area contributed by atoms with E-state index in [1.807, 2.05) is 0 Å². The van der Waals surface area contributed by atoms with Gasteiger partial charge in [0.25, 0.3) is 10.1 Å². The van der Waals surface area contributed by atoms with E-state index >= 15 is 0 Å². The summed E-state index contributed by atoms with van der Waals surface area (Å²) < 4.78 is 39.9. The van der Waals surface area contributed by atoms with Crippen LogP contribution in [-0.2, 0) is 23.8 Å². The molecule has 1 heterocycles. The van der Waals surface area contributed by atoms with Crippen molar-refractivity contribution in [3.05, 3.63) is 0 Å². The van der Waals surface area contributed by atoms with E-state index in [4.69, 9.17) is 13.7 Å².